The molecule has 1 radical (unpaired) electrons. The molecular weight excluding hydrogens is 337 g/mol. The second-order valence-electron chi connectivity index (χ2n) is 0.204. The van der Waals surface area contributed by atoms with Crippen molar-refractivity contribution >= 4 is 6.29 Å². The molecule has 0 bridgehead atoms. The largest absolute Gasteiger partial charge is 0.542 e. The first kappa shape index (κ1) is 39.3. The summed E-state index contributed by atoms with van der Waals surface area (Å²) in [7, 11) is 0. The van der Waals surface area contributed by atoms with Crippen LogP contribution in [0.15, 0.2) is 0 Å². The van der Waals surface area contributed by atoms with Gasteiger partial charge in [-0.25, -0.2) is 0 Å². The molecule has 3 heteroatoms. The van der Waals surface area contributed by atoms with Crippen LogP contribution in [0.5, 0.6) is 0 Å². The Balaban J connectivity index is -0.00000000333. The van der Waals surface area contributed by atoms with Crippen LogP contribution in [0.25, 0.3) is 0 Å². The van der Waals surface area contributed by atoms with Gasteiger partial charge < -0.3 is 19.6 Å². The molecule has 0 fully saturated rings. The van der Waals surface area contributed by atoms with E-state index in [1.54, 1.807) is 0 Å². The molecule has 0 heterocycles. The van der Waals surface area contributed by atoms with E-state index >= 15 is 0 Å². The third-order valence-electron chi connectivity index (χ3n) is 0. The molecule has 0 amide bonds. The summed E-state index contributed by atoms with van der Waals surface area (Å²) in [4.78, 5) is 8.68. The van der Waals surface area contributed by atoms with E-state index in [4.69, 9.17) is 4.79 Å². The van der Waals surface area contributed by atoms with Crippen molar-refractivity contribution < 1.29 is 58.6 Å². The van der Waals surface area contributed by atoms with E-state index in [0.717, 1.165) is 0 Å². The van der Waals surface area contributed by atoms with Crippen LogP contribution in [0.4, 0.5) is 0 Å². The minimum Gasteiger partial charge on any atom is -0.542 e. The smallest absolute Gasteiger partial charge is 0 e. The molecule has 0 aliphatic rings. The maximum absolute atomic E-state index is 8.68. The van der Waals surface area contributed by atoms with Gasteiger partial charge in [0.2, 0.25) is 0 Å². The van der Waals surface area contributed by atoms with Crippen molar-refractivity contribution in [2.24, 2.45) is 0 Å². The Morgan fingerprint density at radius 3 is 1.29 bits per heavy atom. The average Bonchev–Trinajstić information content (AvgIpc) is 0.918. The van der Waals surface area contributed by atoms with E-state index in [-0.39, 0.29) is 68.6 Å². The van der Waals surface area contributed by atoms with Crippen molar-refractivity contribution in [1.29, 1.82) is 0 Å². The van der Waals surface area contributed by atoms with Crippen LogP contribution in [0.1, 0.15) is 6.92 Å². The molecule has 0 aromatic carbocycles. The minimum atomic E-state index is 0. The number of hydrogen-bond donors (Lipinski definition) is 0. The van der Waals surface area contributed by atoms with Crippen LogP contribution >= 0.6 is 0 Å². The van der Waals surface area contributed by atoms with E-state index in [0.29, 0.717) is 0 Å². The fourth-order valence-corrected chi connectivity index (χ4v) is 0. The SMILES string of the molecule is C[C-]=O.[CH3-].[CH3-].[W].[Y]. The zero-order valence-electron chi connectivity index (χ0n) is 4.89. The van der Waals surface area contributed by atoms with E-state index in [1.165, 1.54) is 13.2 Å². The summed E-state index contributed by atoms with van der Waals surface area (Å²) in [6.07, 6.45) is 1.50. The summed E-state index contributed by atoms with van der Waals surface area (Å²) < 4.78 is 0. The summed E-state index contributed by atoms with van der Waals surface area (Å²) in [6.45, 7) is 1.32. The molecule has 0 spiro atoms. The molecular formula is C4H9OWY-3. The zero-order chi connectivity index (χ0) is 2.71. The Labute approximate surface area is 85.8 Å². The summed E-state index contributed by atoms with van der Waals surface area (Å²) in [5, 5.41) is 0. The van der Waals surface area contributed by atoms with Crippen LogP contribution in [0.2, 0.25) is 0 Å². The molecule has 0 aromatic rings. The van der Waals surface area contributed by atoms with Gasteiger partial charge in [0.15, 0.2) is 0 Å². The topological polar surface area (TPSA) is 17.1 Å². The van der Waals surface area contributed by atoms with Crippen LogP contribution < -0.4 is 0 Å². The van der Waals surface area contributed by atoms with Crippen LogP contribution in [0, 0.1) is 14.9 Å². The van der Waals surface area contributed by atoms with Crippen LogP contribution in [-0.4, -0.2) is 6.29 Å². The maximum atomic E-state index is 8.68. The quantitative estimate of drug-likeness (QED) is 0.599. The molecule has 0 atom stereocenters. The molecule has 0 saturated carbocycles. The van der Waals surface area contributed by atoms with Gasteiger partial charge in [-0.3, -0.25) is 6.29 Å². The number of rotatable bonds is 0. The van der Waals surface area contributed by atoms with Crippen molar-refractivity contribution in [3.63, 3.8) is 0 Å². The van der Waals surface area contributed by atoms with Crippen LogP contribution in [0.3, 0.4) is 0 Å². The van der Waals surface area contributed by atoms with Gasteiger partial charge in [-0.15, -0.1) is 0 Å². The summed E-state index contributed by atoms with van der Waals surface area (Å²) in [6, 6.07) is 0. The third kappa shape index (κ3) is 104. The maximum Gasteiger partial charge on any atom is 0 e. The first-order valence-electron chi connectivity index (χ1n) is 0.704. The fourth-order valence-electron chi connectivity index (χ4n) is 0. The Morgan fingerprint density at radius 1 is 1.29 bits per heavy atom. The van der Waals surface area contributed by atoms with Crippen molar-refractivity contribution in [3.05, 3.63) is 14.9 Å². The molecule has 7 heavy (non-hydrogen) atoms. The Bertz CT molecular complexity index is 19.2. The van der Waals surface area contributed by atoms with Gasteiger partial charge in [0, 0.05) is 53.8 Å². The Kier molecular flexibility index (Phi) is 289. The van der Waals surface area contributed by atoms with Gasteiger partial charge in [0.1, 0.15) is 0 Å². The van der Waals surface area contributed by atoms with Gasteiger partial charge in [-0.05, 0) is 0 Å². The molecule has 43 valence electrons. The Hall–Kier alpha value is 1.46. The molecule has 0 aliphatic carbocycles. The van der Waals surface area contributed by atoms with Crippen LogP contribution in [-0.2, 0) is 58.6 Å². The normalized spacial score (nSPS) is 1.86. The van der Waals surface area contributed by atoms with E-state index < -0.39 is 0 Å². The first-order valence-corrected chi connectivity index (χ1v) is 0.704. The first-order chi connectivity index (χ1) is 1.41. The standard InChI is InChI=1S/C2H3O.2CH3.W.Y/c1-2-3;;;;/h1H3;2*1H3;;/q3*-1;;. The second-order valence-corrected chi connectivity index (χ2v) is 0.204. The van der Waals surface area contributed by atoms with E-state index in [1.807, 2.05) is 0 Å². The summed E-state index contributed by atoms with van der Waals surface area (Å²) >= 11 is 0. The molecule has 0 rings (SSSR count). The van der Waals surface area contributed by atoms with Gasteiger partial charge >= 0.3 is 0 Å². The summed E-state index contributed by atoms with van der Waals surface area (Å²) in [5.74, 6) is 0. The van der Waals surface area contributed by atoms with Crippen molar-refractivity contribution in [3.8, 4) is 0 Å². The summed E-state index contributed by atoms with van der Waals surface area (Å²) in [5.41, 5.74) is 0. The monoisotopic (exact) mass is 346 g/mol. The molecule has 1 nitrogen and oxygen atoms in total. The third-order valence-corrected chi connectivity index (χ3v) is 0. The van der Waals surface area contributed by atoms with Crippen molar-refractivity contribution in [1.82, 2.24) is 0 Å². The van der Waals surface area contributed by atoms with Gasteiger partial charge in [-0.2, -0.15) is 6.92 Å². The van der Waals surface area contributed by atoms with Crippen molar-refractivity contribution in [2.75, 3.05) is 0 Å². The number of hydrogen-bond acceptors (Lipinski definition) is 1. The molecule has 0 saturated heterocycles. The van der Waals surface area contributed by atoms with Gasteiger partial charge in [-0.1, -0.05) is 0 Å². The van der Waals surface area contributed by atoms with Gasteiger partial charge in [0.05, 0.1) is 0 Å². The minimum absolute atomic E-state index is 0. The van der Waals surface area contributed by atoms with E-state index in [2.05, 4.69) is 0 Å². The van der Waals surface area contributed by atoms with Gasteiger partial charge in [0.25, 0.3) is 0 Å². The fraction of sp³-hybridized carbons (Fsp3) is 0.250. The predicted octanol–water partition coefficient (Wildman–Crippen LogP) is 1.01. The molecule has 0 unspecified atom stereocenters. The predicted molar refractivity (Wildman–Crippen MR) is 24.2 cm³/mol. The molecule has 0 N–H and O–H groups in total. The van der Waals surface area contributed by atoms with Crippen molar-refractivity contribution in [2.45, 2.75) is 6.92 Å². The molecule has 0 aromatic heterocycles. The second kappa shape index (κ2) is 51.4. The number of carbonyl (C=O) groups excluding carboxylic acids is 1. The molecule has 0 aliphatic heterocycles. The Morgan fingerprint density at radius 2 is 1.29 bits per heavy atom. The zero-order valence-corrected chi connectivity index (χ0v) is 10.7. The van der Waals surface area contributed by atoms with E-state index in [9.17, 15) is 0 Å². The average molecular weight is 346 g/mol.